The largest absolute Gasteiger partial charge is 0.417 e. The van der Waals surface area contributed by atoms with E-state index in [2.05, 4.69) is 5.32 Å². The zero-order chi connectivity index (χ0) is 22.0. The first-order valence-corrected chi connectivity index (χ1v) is 10.8. The fraction of sp³-hybridized carbons (Fsp3) is 0.316. The fourth-order valence-electron chi connectivity index (χ4n) is 2.75. The summed E-state index contributed by atoms with van der Waals surface area (Å²) in [5.74, 6) is -0.787. The molecule has 0 aliphatic carbocycles. The average molecular weight is 449 g/mol. The van der Waals surface area contributed by atoms with Crippen molar-refractivity contribution in [2.24, 2.45) is 0 Å². The maximum absolute atomic E-state index is 13.0. The molecule has 0 bridgehead atoms. The average Bonchev–Trinajstić information content (AvgIpc) is 2.61. The smallest absolute Gasteiger partial charge is 0.324 e. The molecule has 2 aromatic carbocycles. The summed E-state index contributed by atoms with van der Waals surface area (Å²) in [6, 6.07) is 8.36. The molecule has 1 unspecified atom stereocenters. The van der Waals surface area contributed by atoms with E-state index in [-0.39, 0.29) is 11.4 Å². The van der Waals surface area contributed by atoms with Gasteiger partial charge >= 0.3 is 6.18 Å². The molecule has 0 saturated carbocycles. The Morgan fingerprint density at radius 2 is 1.76 bits per heavy atom. The number of anilines is 2. The summed E-state index contributed by atoms with van der Waals surface area (Å²) < 4.78 is 64.5. The van der Waals surface area contributed by atoms with Crippen LogP contribution in [0.1, 0.15) is 25.0 Å². The highest BCUT2D eigenvalue weighted by atomic mass is 35.5. The van der Waals surface area contributed by atoms with E-state index in [0.717, 1.165) is 28.6 Å². The Balaban J connectivity index is 2.32. The number of nitrogens with zero attached hydrogens (tertiary/aromatic N) is 1. The van der Waals surface area contributed by atoms with Crippen LogP contribution in [0, 0.1) is 0 Å². The highest BCUT2D eigenvalue weighted by Gasteiger charge is 2.34. The second-order valence-corrected chi connectivity index (χ2v) is 8.70. The Kier molecular flexibility index (Phi) is 6.85. The third kappa shape index (κ3) is 5.63. The van der Waals surface area contributed by atoms with E-state index in [1.807, 2.05) is 6.92 Å². The number of rotatable bonds is 6. The molecular formula is C19H20ClF3N2O3S. The molecule has 0 aromatic heterocycles. The van der Waals surface area contributed by atoms with E-state index in [9.17, 15) is 26.4 Å². The number of benzene rings is 2. The van der Waals surface area contributed by atoms with Crippen LogP contribution in [0.15, 0.2) is 42.5 Å². The van der Waals surface area contributed by atoms with Crippen LogP contribution in [0.4, 0.5) is 24.5 Å². The van der Waals surface area contributed by atoms with Crippen molar-refractivity contribution < 1.29 is 26.4 Å². The van der Waals surface area contributed by atoms with Crippen LogP contribution >= 0.6 is 11.6 Å². The molecule has 0 fully saturated rings. The van der Waals surface area contributed by atoms with Crippen molar-refractivity contribution in [2.45, 2.75) is 32.5 Å². The number of amides is 1. The van der Waals surface area contributed by atoms with Gasteiger partial charge in [-0.25, -0.2) is 8.42 Å². The van der Waals surface area contributed by atoms with E-state index in [1.165, 1.54) is 13.0 Å². The number of sulfonamides is 1. The lowest BCUT2D eigenvalue weighted by Gasteiger charge is -2.28. The molecule has 0 spiro atoms. The maximum atomic E-state index is 13.0. The van der Waals surface area contributed by atoms with Crippen molar-refractivity contribution in [2.75, 3.05) is 15.9 Å². The van der Waals surface area contributed by atoms with Crippen LogP contribution in [0.2, 0.25) is 5.02 Å². The van der Waals surface area contributed by atoms with E-state index < -0.39 is 38.7 Å². The van der Waals surface area contributed by atoms with Gasteiger partial charge in [-0.15, -0.1) is 0 Å². The second kappa shape index (κ2) is 8.62. The number of hydrogen-bond donors (Lipinski definition) is 1. The summed E-state index contributed by atoms with van der Waals surface area (Å²) >= 11 is 5.57. The van der Waals surface area contributed by atoms with Gasteiger partial charge in [0.25, 0.3) is 0 Å². The molecule has 1 atom stereocenters. The van der Waals surface area contributed by atoms with Crippen LogP contribution in [-0.2, 0) is 27.4 Å². The molecule has 1 amide bonds. The molecule has 0 saturated heterocycles. The molecule has 5 nitrogen and oxygen atoms in total. The van der Waals surface area contributed by atoms with E-state index in [0.29, 0.717) is 6.07 Å². The van der Waals surface area contributed by atoms with Gasteiger partial charge in [-0.2, -0.15) is 13.2 Å². The van der Waals surface area contributed by atoms with Gasteiger partial charge in [0.1, 0.15) is 6.04 Å². The number of carbonyl (C=O) groups excluding carboxylic acids is 1. The summed E-state index contributed by atoms with van der Waals surface area (Å²) in [5.41, 5.74) is 0.0210. The van der Waals surface area contributed by atoms with Crippen molar-refractivity contribution in [1.29, 1.82) is 0 Å². The standard InChI is InChI=1S/C19H20ClF3N2O3S/c1-4-13-5-8-15(9-6-13)25(29(3,27)28)12(2)18(26)24-14-7-10-17(20)16(11-14)19(21,22)23/h5-12H,4H2,1-3H3,(H,24,26). The van der Waals surface area contributed by atoms with Crippen molar-refractivity contribution >= 4 is 38.9 Å². The Hall–Kier alpha value is -2.26. The number of hydrogen-bond acceptors (Lipinski definition) is 3. The first-order chi connectivity index (χ1) is 13.3. The van der Waals surface area contributed by atoms with Gasteiger partial charge in [0.2, 0.25) is 15.9 Å². The fourth-order valence-corrected chi connectivity index (χ4v) is 4.15. The third-order valence-electron chi connectivity index (χ3n) is 4.23. The summed E-state index contributed by atoms with van der Waals surface area (Å²) in [7, 11) is -3.84. The Morgan fingerprint density at radius 1 is 1.17 bits per heavy atom. The molecule has 0 heterocycles. The Morgan fingerprint density at radius 3 is 2.24 bits per heavy atom. The second-order valence-electron chi connectivity index (χ2n) is 6.44. The molecule has 2 aromatic rings. The van der Waals surface area contributed by atoms with Gasteiger partial charge in [0.05, 0.1) is 22.5 Å². The lowest BCUT2D eigenvalue weighted by molar-refractivity contribution is -0.137. The van der Waals surface area contributed by atoms with E-state index in [4.69, 9.17) is 11.6 Å². The minimum absolute atomic E-state index is 0.145. The number of aryl methyl sites for hydroxylation is 1. The zero-order valence-electron chi connectivity index (χ0n) is 15.9. The molecule has 10 heteroatoms. The zero-order valence-corrected chi connectivity index (χ0v) is 17.5. The number of alkyl halides is 3. The van der Waals surface area contributed by atoms with Crippen LogP contribution in [0.25, 0.3) is 0 Å². The van der Waals surface area contributed by atoms with Gasteiger partial charge in [0, 0.05) is 5.69 Å². The molecule has 1 N–H and O–H groups in total. The molecular weight excluding hydrogens is 429 g/mol. The monoisotopic (exact) mass is 448 g/mol. The highest BCUT2D eigenvalue weighted by molar-refractivity contribution is 7.92. The van der Waals surface area contributed by atoms with Crippen molar-refractivity contribution in [3.8, 4) is 0 Å². The summed E-state index contributed by atoms with van der Waals surface area (Å²) in [5, 5.41) is 1.82. The maximum Gasteiger partial charge on any atom is 0.417 e. The first-order valence-electron chi connectivity index (χ1n) is 8.60. The number of carbonyl (C=O) groups is 1. The summed E-state index contributed by atoms with van der Waals surface area (Å²) in [4.78, 5) is 12.6. The van der Waals surface area contributed by atoms with E-state index >= 15 is 0 Å². The number of nitrogens with one attached hydrogen (secondary N) is 1. The van der Waals surface area contributed by atoms with E-state index in [1.54, 1.807) is 24.3 Å². The minimum Gasteiger partial charge on any atom is -0.324 e. The molecule has 0 aliphatic heterocycles. The minimum atomic E-state index is -4.69. The molecule has 2 rings (SSSR count). The normalized spacial score (nSPS) is 13.1. The van der Waals surface area contributed by atoms with Crippen molar-refractivity contribution in [3.05, 3.63) is 58.6 Å². The summed E-state index contributed by atoms with van der Waals surface area (Å²) in [6.07, 6.45) is -2.98. The van der Waals surface area contributed by atoms with Crippen LogP contribution in [-0.4, -0.2) is 26.6 Å². The summed E-state index contributed by atoms with van der Waals surface area (Å²) in [6.45, 7) is 3.30. The van der Waals surface area contributed by atoms with Gasteiger partial charge in [0.15, 0.2) is 0 Å². The van der Waals surface area contributed by atoms with Gasteiger partial charge in [-0.3, -0.25) is 9.10 Å². The van der Waals surface area contributed by atoms with Gasteiger partial charge in [-0.1, -0.05) is 30.7 Å². The first kappa shape index (κ1) is 23.0. The lowest BCUT2D eigenvalue weighted by atomic mass is 10.1. The van der Waals surface area contributed by atoms with Crippen molar-refractivity contribution in [3.63, 3.8) is 0 Å². The van der Waals surface area contributed by atoms with Crippen LogP contribution in [0.3, 0.4) is 0 Å². The number of halogens is 4. The highest BCUT2D eigenvalue weighted by Crippen LogP contribution is 2.36. The van der Waals surface area contributed by atoms with Gasteiger partial charge in [-0.05, 0) is 49.2 Å². The van der Waals surface area contributed by atoms with Gasteiger partial charge < -0.3 is 5.32 Å². The van der Waals surface area contributed by atoms with Crippen LogP contribution < -0.4 is 9.62 Å². The SMILES string of the molecule is CCc1ccc(N(C(C)C(=O)Nc2ccc(Cl)c(C(F)(F)F)c2)S(C)(=O)=O)cc1. The molecule has 158 valence electrons. The lowest BCUT2D eigenvalue weighted by Crippen LogP contribution is -2.45. The Labute approximate surface area is 172 Å². The molecule has 0 aliphatic rings. The molecule has 0 radical (unpaired) electrons. The molecule has 29 heavy (non-hydrogen) atoms. The predicted octanol–water partition coefficient (Wildman–Crippen LogP) is 4.71. The Bertz CT molecular complexity index is 993. The van der Waals surface area contributed by atoms with Crippen molar-refractivity contribution in [1.82, 2.24) is 0 Å². The van der Waals surface area contributed by atoms with Crippen LogP contribution in [0.5, 0.6) is 0 Å². The predicted molar refractivity (Wildman–Crippen MR) is 108 cm³/mol. The third-order valence-corrected chi connectivity index (χ3v) is 5.80. The quantitative estimate of drug-likeness (QED) is 0.695. The topological polar surface area (TPSA) is 66.5 Å².